The number of nitrogens with zero attached hydrogens (tertiary/aromatic N) is 1. The van der Waals surface area contributed by atoms with E-state index in [1.54, 1.807) is 37.5 Å². The number of thioether (sulfide) groups is 1. The molecule has 0 saturated heterocycles. The van der Waals surface area contributed by atoms with Gasteiger partial charge in [0.2, 0.25) is 0 Å². The van der Waals surface area contributed by atoms with E-state index in [2.05, 4.69) is 0 Å². The van der Waals surface area contributed by atoms with Crippen LogP contribution in [0.2, 0.25) is 10.0 Å². The minimum absolute atomic E-state index is 0.303. The Morgan fingerprint density at radius 3 is 2.58 bits per heavy atom. The molecule has 0 aliphatic carbocycles. The van der Waals surface area contributed by atoms with Crippen molar-refractivity contribution in [2.75, 3.05) is 6.54 Å². The summed E-state index contributed by atoms with van der Waals surface area (Å²) in [6.45, 7) is 2.06. The molecule has 124 valence electrons. The number of hydrogen-bond donors (Lipinski definition) is 0. The number of furan rings is 1. The summed E-state index contributed by atoms with van der Waals surface area (Å²) >= 11 is 13.5. The van der Waals surface area contributed by atoms with Crippen molar-refractivity contribution in [2.24, 2.45) is 0 Å². The number of rotatable bonds is 5. The summed E-state index contributed by atoms with van der Waals surface area (Å²) in [6, 6.07) is 8.48. The zero-order chi connectivity index (χ0) is 17.3. The third-order valence-corrected chi connectivity index (χ3v) is 5.23. The van der Waals surface area contributed by atoms with Crippen molar-refractivity contribution in [1.29, 1.82) is 0 Å². The number of carbonyl (C=O) groups excluding carboxylic acids is 2. The third-order valence-electron chi connectivity index (χ3n) is 3.58. The first-order valence-corrected chi connectivity index (χ1v) is 8.98. The van der Waals surface area contributed by atoms with Crippen LogP contribution in [-0.4, -0.2) is 23.3 Å². The predicted molar refractivity (Wildman–Crippen MR) is 95.8 cm³/mol. The van der Waals surface area contributed by atoms with Gasteiger partial charge >= 0.3 is 0 Å². The largest absolute Gasteiger partial charge is 0.468 e. The van der Waals surface area contributed by atoms with Gasteiger partial charge in [-0.15, -0.1) is 11.8 Å². The van der Waals surface area contributed by atoms with E-state index in [0.29, 0.717) is 38.4 Å². The van der Waals surface area contributed by atoms with Crippen molar-refractivity contribution in [3.05, 3.63) is 62.9 Å². The number of amides is 2. The van der Waals surface area contributed by atoms with Gasteiger partial charge in [0, 0.05) is 17.1 Å². The number of hydrogen-bond acceptors (Lipinski definition) is 4. The van der Waals surface area contributed by atoms with Gasteiger partial charge in [-0.1, -0.05) is 29.3 Å². The fourth-order valence-corrected chi connectivity index (χ4v) is 3.97. The van der Waals surface area contributed by atoms with Crippen LogP contribution in [0.3, 0.4) is 0 Å². The van der Waals surface area contributed by atoms with Crippen LogP contribution in [0.25, 0.3) is 5.57 Å². The van der Waals surface area contributed by atoms with Crippen molar-refractivity contribution >= 4 is 52.4 Å². The van der Waals surface area contributed by atoms with E-state index in [4.69, 9.17) is 27.6 Å². The Hall–Kier alpha value is -1.69. The van der Waals surface area contributed by atoms with Gasteiger partial charge in [-0.3, -0.25) is 14.5 Å². The predicted octanol–water partition coefficient (Wildman–Crippen LogP) is 4.62. The summed E-state index contributed by atoms with van der Waals surface area (Å²) in [5, 5.41) is 0.811. The first-order chi connectivity index (χ1) is 11.5. The van der Waals surface area contributed by atoms with Crippen LogP contribution >= 0.6 is 35.0 Å². The highest BCUT2D eigenvalue weighted by Gasteiger charge is 2.39. The van der Waals surface area contributed by atoms with Crippen molar-refractivity contribution in [3.63, 3.8) is 0 Å². The normalized spacial score (nSPS) is 14.9. The molecule has 0 fully saturated rings. The van der Waals surface area contributed by atoms with Gasteiger partial charge in [0.15, 0.2) is 0 Å². The molecule has 0 spiro atoms. The molecule has 0 bridgehead atoms. The fourth-order valence-electron chi connectivity index (χ4n) is 2.44. The molecule has 1 aliphatic heterocycles. The molecule has 1 aromatic heterocycles. The number of halogens is 2. The van der Waals surface area contributed by atoms with Crippen LogP contribution < -0.4 is 0 Å². The summed E-state index contributed by atoms with van der Waals surface area (Å²) in [5.74, 6) is 0.533. The molecule has 24 heavy (non-hydrogen) atoms. The Labute approximate surface area is 153 Å². The fraction of sp³-hybridized carbons (Fsp3) is 0.176. The Morgan fingerprint density at radius 2 is 1.96 bits per heavy atom. The van der Waals surface area contributed by atoms with Crippen LogP contribution in [0, 0.1) is 0 Å². The zero-order valence-electron chi connectivity index (χ0n) is 12.7. The number of benzene rings is 1. The molecule has 2 amide bonds. The standard InChI is InChI=1S/C17H13Cl2NO3S/c1-2-20-16(21)14(12-6-5-10(18)8-13(12)19)15(17(20)22)24-9-11-4-3-7-23-11/h3-8H,2,9H2,1H3. The molecule has 1 aromatic carbocycles. The van der Waals surface area contributed by atoms with Gasteiger partial charge in [0.05, 0.1) is 27.5 Å². The van der Waals surface area contributed by atoms with Gasteiger partial charge in [0.25, 0.3) is 11.8 Å². The summed E-state index contributed by atoms with van der Waals surface area (Å²) in [5.41, 5.74) is 0.831. The van der Waals surface area contributed by atoms with Gasteiger partial charge < -0.3 is 4.42 Å². The van der Waals surface area contributed by atoms with Crippen LogP contribution in [0.5, 0.6) is 0 Å². The second-order valence-corrected chi connectivity index (χ2v) is 6.88. The van der Waals surface area contributed by atoms with E-state index < -0.39 is 0 Å². The van der Waals surface area contributed by atoms with Gasteiger partial charge in [-0.05, 0) is 31.2 Å². The number of carbonyl (C=O) groups is 2. The summed E-state index contributed by atoms with van der Waals surface area (Å²) in [6.07, 6.45) is 1.57. The zero-order valence-corrected chi connectivity index (χ0v) is 15.0. The van der Waals surface area contributed by atoms with Crippen LogP contribution in [-0.2, 0) is 15.3 Å². The van der Waals surface area contributed by atoms with E-state index in [-0.39, 0.29) is 11.8 Å². The SMILES string of the molecule is CCN1C(=O)C(SCc2ccco2)=C(c2ccc(Cl)cc2Cl)C1=O. The molecule has 0 N–H and O–H groups in total. The second kappa shape index (κ2) is 7.05. The van der Waals surface area contributed by atoms with E-state index >= 15 is 0 Å². The van der Waals surface area contributed by atoms with Crippen LogP contribution in [0.15, 0.2) is 45.9 Å². The third kappa shape index (κ3) is 3.11. The molecular weight excluding hydrogens is 369 g/mol. The van der Waals surface area contributed by atoms with Gasteiger partial charge in [-0.2, -0.15) is 0 Å². The topological polar surface area (TPSA) is 50.5 Å². The van der Waals surface area contributed by atoms with E-state index in [9.17, 15) is 9.59 Å². The molecule has 0 radical (unpaired) electrons. The molecule has 0 unspecified atom stereocenters. The molecule has 2 aromatic rings. The second-order valence-electron chi connectivity index (χ2n) is 5.05. The maximum Gasteiger partial charge on any atom is 0.267 e. The molecule has 0 saturated carbocycles. The smallest absolute Gasteiger partial charge is 0.267 e. The Balaban J connectivity index is 2.03. The lowest BCUT2D eigenvalue weighted by Gasteiger charge is -2.11. The van der Waals surface area contributed by atoms with Crippen molar-refractivity contribution < 1.29 is 14.0 Å². The summed E-state index contributed by atoms with van der Waals surface area (Å²) in [7, 11) is 0. The Kier molecular flexibility index (Phi) is 5.04. The monoisotopic (exact) mass is 381 g/mol. The average molecular weight is 382 g/mol. The maximum absolute atomic E-state index is 12.7. The molecule has 0 atom stereocenters. The molecule has 2 heterocycles. The maximum atomic E-state index is 12.7. The molecule has 4 nitrogen and oxygen atoms in total. The van der Waals surface area contributed by atoms with Crippen LogP contribution in [0.4, 0.5) is 0 Å². The first kappa shape index (κ1) is 17.1. The Bertz CT molecular complexity index is 830. The Morgan fingerprint density at radius 1 is 1.17 bits per heavy atom. The molecule has 3 rings (SSSR count). The van der Waals surface area contributed by atoms with E-state index in [1.165, 1.54) is 16.7 Å². The minimum atomic E-state index is -0.339. The summed E-state index contributed by atoms with van der Waals surface area (Å²) < 4.78 is 5.29. The molecule has 1 aliphatic rings. The average Bonchev–Trinajstić information content (AvgIpc) is 3.13. The quantitative estimate of drug-likeness (QED) is 0.708. The van der Waals surface area contributed by atoms with Crippen molar-refractivity contribution in [1.82, 2.24) is 4.90 Å². The molecule has 7 heteroatoms. The summed E-state index contributed by atoms with van der Waals surface area (Å²) in [4.78, 5) is 26.9. The number of imide groups is 1. The van der Waals surface area contributed by atoms with Gasteiger partial charge in [0.1, 0.15) is 5.76 Å². The van der Waals surface area contributed by atoms with Gasteiger partial charge in [-0.25, -0.2) is 0 Å². The highest BCUT2D eigenvalue weighted by Crippen LogP contribution is 2.40. The molecular formula is C17H13Cl2NO3S. The lowest BCUT2D eigenvalue weighted by Crippen LogP contribution is -2.31. The number of likely N-dealkylation sites (N-methyl/N-ethyl adjacent to an activating group) is 1. The van der Waals surface area contributed by atoms with E-state index in [1.807, 2.05) is 6.07 Å². The first-order valence-electron chi connectivity index (χ1n) is 7.24. The van der Waals surface area contributed by atoms with E-state index in [0.717, 1.165) is 5.76 Å². The lowest BCUT2D eigenvalue weighted by molar-refractivity contribution is -0.136. The minimum Gasteiger partial charge on any atom is -0.468 e. The highest BCUT2D eigenvalue weighted by molar-refractivity contribution is 8.03. The van der Waals surface area contributed by atoms with Crippen molar-refractivity contribution in [2.45, 2.75) is 12.7 Å². The van der Waals surface area contributed by atoms with Crippen molar-refractivity contribution in [3.8, 4) is 0 Å². The lowest BCUT2D eigenvalue weighted by atomic mass is 10.1. The van der Waals surface area contributed by atoms with Crippen LogP contribution in [0.1, 0.15) is 18.2 Å². The highest BCUT2D eigenvalue weighted by atomic mass is 35.5.